The predicted molar refractivity (Wildman–Crippen MR) is 101 cm³/mol. The molecule has 0 atom stereocenters. The fraction of sp³-hybridized carbons (Fsp3) is 0.389. The smallest absolute Gasteiger partial charge is 0.283 e. The van der Waals surface area contributed by atoms with Crippen molar-refractivity contribution in [2.45, 2.75) is 32.6 Å². The molecule has 0 radical (unpaired) electrons. The summed E-state index contributed by atoms with van der Waals surface area (Å²) >= 11 is 1.14. The van der Waals surface area contributed by atoms with E-state index in [4.69, 9.17) is 0 Å². The van der Waals surface area contributed by atoms with Crippen LogP contribution in [0.4, 0.5) is 17.1 Å². The number of nitro groups is 1. The van der Waals surface area contributed by atoms with E-state index in [1.165, 1.54) is 37.4 Å². The van der Waals surface area contributed by atoms with Gasteiger partial charge in [-0.1, -0.05) is 12.8 Å². The van der Waals surface area contributed by atoms with Crippen molar-refractivity contribution in [3.05, 3.63) is 50.2 Å². The highest BCUT2D eigenvalue weighted by atomic mass is 32.1. The van der Waals surface area contributed by atoms with Crippen molar-refractivity contribution < 1.29 is 9.72 Å². The second kappa shape index (κ2) is 7.65. The van der Waals surface area contributed by atoms with Crippen LogP contribution in [0.1, 0.15) is 40.2 Å². The molecule has 0 spiro atoms. The number of benzene rings is 1. The molecule has 3 rings (SSSR count). The predicted octanol–water partition coefficient (Wildman–Crippen LogP) is 4.60. The van der Waals surface area contributed by atoms with Crippen molar-refractivity contribution in [1.29, 1.82) is 0 Å². The van der Waals surface area contributed by atoms with Gasteiger partial charge in [0.25, 0.3) is 11.6 Å². The topological polar surface area (TPSA) is 75.5 Å². The minimum Gasteiger partial charge on any atom is -0.372 e. The molecule has 1 aromatic heterocycles. The zero-order valence-corrected chi connectivity index (χ0v) is 15.0. The van der Waals surface area contributed by atoms with E-state index in [-0.39, 0.29) is 11.6 Å². The summed E-state index contributed by atoms with van der Waals surface area (Å²) in [4.78, 5) is 26.0. The third-order valence-electron chi connectivity index (χ3n) is 4.41. The SMILES string of the molecule is Cc1sc(C(=O)Nc2ccc(N3CCCCCC3)cc2)cc1[N+](=O)[O-]. The molecule has 0 aliphatic carbocycles. The van der Waals surface area contributed by atoms with Gasteiger partial charge in [-0.15, -0.1) is 11.3 Å². The van der Waals surface area contributed by atoms with Crippen molar-refractivity contribution >= 4 is 34.3 Å². The number of anilines is 2. The van der Waals surface area contributed by atoms with E-state index in [9.17, 15) is 14.9 Å². The van der Waals surface area contributed by atoms with E-state index in [1.807, 2.05) is 24.3 Å². The van der Waals surface area contributed by atoms with Crippen LogP contribution in [0.15, 0.2) is 30.3 Å². The van der Waals surface area contributed by atoms with Crippen LogP contribution in [0.3, 0.4) is 0 Å². The van der Waals surface area contributed by atoms with Gasteiger partial charge in [-0.05, 0) is 44.0 Å². The molecule has 6 nitrogen and oxygen atoms in total. The molecule has 0 unspecified atom stereocenters. The number of carbonyl (C=O) groups excluding carboxylic acids is 1. The van der Waals surface area contributed by atoms with Crippen LogP contribution in [0.2, 0.25) is 0 Å². The van der Waals surface area contributed by atoms with E-state index >= 15 is 0 Å². The Balaban J connectivity index is 1.67. The van der Waals surface area contributed by atoms with Crippen LogP contribution in [-0.2, 0) is 0 Å². The lowest BCUT2D eigenvalue weighted by molar-refractivity contribution is -0.385. The average Bonchev–Trinajstić information content (AvgIpc) is 2.81. The van der Waals surface area contributed by atoms with Crippen LogP contribution in [0.5, 0.6) is 0 Å². The van der Waals surface area contributed by atoms with Gasteiger partial charge in [-0.3, -0.25) is 14.9 Å². The third kappa shape index (κ3) is 4.17. The molecule has 132 valence electrons. The van der Waals surface area contributed by atoms with Crippen LogP contribution < -0.4 is 10.2 Å². The number of nitrogens with one attached hydrogen (secondary N) is 1. The van der Waals surface area contributed by atoms with Gasteiger partial charge in [-0.2, -0.15) is 0 Å². The van der Waals surface area contributed by atoms with Gasteiger partial charge in [-0.25, -0.2) is 0 Å². The second-order valence-corrected chi connectivity index (χ2v) is 7.47. The van der Waals surface area contributed by atoms with Crippen molar-refractivity contribution in [1.82, 2.24) is 0 Å². The molecule has 2 heterocycles. The first-order valence-corrected chi connectivity index (χ1v) is 9.27. The number of hydrogen-bond donors (Lipinski definition) is 1. The van der Waals surface area contributed by atoms with Gasteiger partial charge < -0.3 is 10.2 Å². The number of aryl methyl sites for hydroxylation is 1. The van der Waals surface area contributed by atoms with Crippen molar-refractivity contribution in [3.63, 3.8) is 0 Å². The fourth-order valence-electron chi connectivity index (χ4n) is 3.04. The Hall–Kier alpha value is -2.41. The molecule has 0 bridgehead atoms. The molecule has 0 saturated carbocycles. The Morgan fingerprint density at radius 2 is 1.80 bits per heavy atom. The number of rotatable bonds is 4. The zero-order valence-electron chi connectivity index (χ0n) is 14.2. The molecule has 1 aromatic carbocycles. The lowest BCUT2D eigenvalue weighted by atomic mass is 10.2. The normalized spacial score (nSPS) is 14.8. The zero-order chi connectivity index (χ0) is 17.8. The lowest BCUT2D eigenvalue weighted by Gasteiger charge is -2.22. The fourth-order valence-corrected chi connectivity index (χ4v) is 3.92. The van der Waals surface area contributed by atoms with Gasteiger partial charge in [0.15, 0.2) is 0 Å². The van der Waals surface area contributed by atoms with Gasteiger partial charge in [0.1, 0.15) is 0 Å². The molecule has 1 aliphatic rings. The quantitative estimate of drug-likeness (QED) is 0.639. The number of amides is 1. The largest absolute Gasteiger partial charge is 0.372 e. The van der Waals surface area contributed by atoms with Crippen molar-refractivity contribution in [2.75, 3.05) is 23.3 Å². The Kier molecular flexibility index (Phi) is 5.33. The maximum Gasteiger partial charge on any atom is 0.283 e. The molecule has 7 heteroatoms. The third-order valence-corrected chi connectivity index (χ3v) is 5.45. The van der Waals surface area contributed by atoms with Gasteiger partial charge in [0, 0.05) is 30.5 Å². The summed E-state index contributed by atoms with van der Waals surface area (Å²) in [7, 11) is 0. The maximum absolute atomic E-state index is 12.3. The molecular formula is C18H21N3O3S. The summed E-state index contributed by atoms with van der Waals surface area (Å²) < 4.78 is 0. The minimum atomic E-state index is -0.460. The molecule has 1 fully saturated rings. The summed E-state index contributed by atoms with van der Waals surface area (Å²) in [5.41, 5.74) is 1.85. The van der Waals surface area contributed by atoms with Crippen LogP contribution in [0, 0.1) is 17.0 Å². The summed E-state index contributed by atoms with van der Waals surface area (Å²) in [6.45, 7) is 3.79. The molecular weight excluding hydrogens is 338 g/mol. The maximum atomic E-state index is 12.3. The summed E-state index contributed by atoms with van der Waals surface area (Å²) in [5, 5.41) is 13.7. The molecule has 1 aliphatic heterocycles. The molecule has 2 aromatic rings. The number of hydrogen-bond acceptors (Lipinski definition) is 5. The van der Waals surface area contributed by atoms with E-state index < -0.39 is 4.92 Å². The summed E-state index contributed by atoms with van der Waals surface area (Å²) in [6.07, 6.45) is 5.01. The molecule has 1 saturated heterocycles. The van der Waals surface area contributed by atoms with Crippen LogP contribution in [0.25, 0.3) is 0 Å². The van der Waals surface area contributed by atoms with E-state index in [0.717, 1.165) is 24.4 Å². The number of thiophene rings is 1. The molecule has 1 amide bonds. The lowest BCUT2D eigenvalue weighted by Crippen LogP contribution is -2.23. The van der Waals surface area contributed by atoms with Crippen molar-refractivity contribution in [2.24, 2.45) is 0 Å². The van der Waals surface area contributed by atoms with E-state index in [0.29, 0.717) is 15.4 Å². The Labute approximate surface area is 150 Å². The highest BCUT2D eigenvalue weighted by Gasteiger charge is 2.19. The van der Waals surface area contributed by atoms with Gasteiger partial charge in [0.2, 0.25) is 0 Å². The monoisotopic (exact) mass is 359 g/mol. The summed E-state index contributed by atoms with van der Waals surface area (Å²) in [5.74, 6) is -0.316. The first kappa shape index (κ1) is 17.4. The van der Waals surface area contributed by atoms with Gasteiger partial charge in [0.05, 0.1) is 14.7 Å². The van der Waals surface area contributed by atoms with E-state index in [2.05, 4.69) is 10.2 Å². The number of nitrogens with zero attached hydrogens (tertiary/aromatic N) is 2. The second-order valence-electron chi connectivity index (χ2n) is 6.21. The van der Waals surface area contributed by atoms with Crippen LogP contribution >= 0.6 is 11.3 Å². The Morgan fingerprint density at radius 1 is 1.16 bits per heavy atom. The van der Waals surface area contributed by atoms with Crippen LogP contribution in [-0.4, -0.2) is 23.9 Å². The Bertz CT molecular complexity index is 762. The summed E-state index contributed by atoms with van der Waals surface area (Å²) in [6, 6.07) is 9.13. The molecule has 1 N–H and O–H groups in total. The number of carbonyl (C=O) groups is 1. The standard InChI is InChI=1S/C18H21N3O3S/c1-13-16(21(23)24)12-17(25-13)18(22)19-14-6-8-15(9-7-14)20-10-4-2-3-5-11-20/h6-9,12H,2-5,10-11H2,1H3,(H,19,22). The highest BCUT2D eigenvalue weighted by molar-refractivity contribution is 7.14. The minimum absolute atomic E-state index is 0.00772. The Morgan fingerprint density at radius 3 is 2.36 bits per heavy atom. The first-order chi connectivity index (χ1) is 12.0. The molecule has 25 heavy (non-hydrogen) atoms. The van der Waals surface area contributed by atoms with Gasteiger partial charge >= 0.3 is 0 Å². The van der Waals surface area contributed by atoms with Crippen molar-refractivity contribution in [3.8, 4) is 0 Å². The highest BCUT2D eigenvalue weighted by Crippen LogP contribution is 2.29. The first-order valence-electron chi connectivity index (χ1n) is 8.46. The average molecular weight is 359 g/mol. The van der Waals surface area contributed by atoms with E-state index in [1.54, 1.807) is 6.92 Å².